The van der Waals surface area contributed by atoms with E-state index in [1.54, 1.807) is 30.5 Å². The molecule has 0 unspecified atom stereocenters. The van der Waals surface area contributed by atoms with Crippen molar-refractivity contribution in [3.05, 3.63) is 90.8 Å². The van der Waals surface area contributed by atoms with Gasteiger partial charge < -0.3 is 0 Å². The predicted octanol–water partition coefficient (Wildman–Crippen LogP) is 5.35. The average Bonchev–Trinajstić information content (AvgIpc) is 3.44. The molecule has 0 aliphatic rings. The lowest BCUT2D eigenvalue weighted by Gasteiger charge is -2.07. The summed E-state index contributed by atoms with van der Waals surface area (Å²) in [5.74, 6) is 0. The largest absolute Gasteiger partial charge is 0.275 e. The van der Waals surface area contributed by atoms with E-state index in [0.29, 0.717) is 0 Å². The fourth-order valence-electron chi connectivity index (χ4n) is 4.64. The summed E-state index contributed by atoms with van der Waals surface area (Å²) in [6.07, 6.45) is 5.03. The van der Waals surface area contributed by atoms with E-state index in [2.05, 4.69) is 41.3 Å². The number of hydrogen-bond acceptors (Lipinski definition) is 5. The third-order valence-corrected chi connectivity index (χ3v) is 7.52. The number of sulfone groups is 1. The zero-order chi connectivity index (χ0) is 25.0. The smallest absolute Gasteiger partial charge is 0.175 e. The number of pyridine rings is 1. The average molecular weight is 494 g/mol. The first-order chi connectivity index (χ1) is 17.3. The van der Waals surface area contributed by atoms with E-state index in [0.717, 1.165) is 55.6 Å². The van der Waals surface area contributed by atoms with Gasteiger partial charge in [-0.2, -0.15) is 10.2 Å². The normalized spacial score (nSPS) is 12.0. The van der Waals surface area contributed by atoms with Gasteiger partial charge in [-0.25, -0.2) is 13.1 Å². The van der Waals surface area contributed by atoms with Crippen LogP contribution in [0.3, 0.4) is 0 Å². The molecule has 0 aliphatic carbocycles. The van der Waals surface area contributed by atoms with Gasteiger partial charge in [0.1, 0.15) is 5.69 Å². The van der Waals surface area contributed by atoms with E-state index in [4.69, 9.17) is 5.10 Å². The molecule has 0 N–H and O–H groups in total. The van der Waals surface area contributed by atoms with Gasteiger partial charge in [0.05, 0.1) is 33.5 Å². The lowest BCUT2D eigenvalue weighted by Crippen LogP contribution is -1.99. The summed E-state index contributed by atoms with van der Waals surface area (Å²) in [5, 5.41) is 11.7. The molecule has 36 heavy (non-hydrogen) atoms. The van der Waals surface area contributed by atoms with Crippen molar-refractivity contribution in [3.8, 4) is 28.2 Å². The van der Waals surface area contributed by atoms with Crippen LogP contribution >= 0.6 is 0 Å². The van der Waals surface area contributed by atoms with E-state index < -0.39 is 9.84 Å². The Morgan fingerprint density at radius 3 is 2.33 bits per heavy atom. The van der Waals surface area contributed by atoms with Gasteiger partial charge in [-0.1, -0.05) is 42.5 Å². The van der Waals surface area contributed by atoms with Gasteiger partial charge in [-0.15, -0.1) is 0 Å². The molecular formula is C28H23N5O2S. The van der Waals surface area contributed by atoms with Crippen LogP contribution < -0.4 is 0 Å². The summed E-state index contributed by atoms with van der Waals surface area (Å²) in [6, 6.07) is 23.0. The first kappa shape index (κ1) is 22.2. The summed E-state index contributed by atoms with van der Waals surface area (Å²) >= 11 is 0. The third-order valence-electron chi connectivity index (χ3n) is 6.39. The number of aromatic nitrogens is 5. The van der Waals surface area contributed by atoms with Gasteiger partial charge in [0.25, 0.3) is 0 Å². The van der Waals surface area contributed by atoms with E-state index >= 15 is 0 Å². The van der Waals surface area contributed by atoms with Crippen LogP contribution in [-0.2, 0) is 16.9 Å². The molecule has 3 aromatic carbocycles. The number of benzene rings is 3. The lowest BCUT2D eigenvalue weighted by molar-refractivity contribution is 0.602. The summed E-state index contributed by atoms with van der Waals surface area (Å²) in [7, 11) is -1.32. The highest BCUT2D eigenvalue weighted by Crippen LogP contribution is 2.35. The maximum atomic E-state index is 11.8. The number of hydrogen-bond donors (Lipinski definition) is 0. The summed E-state index contributed by atoms with van der Waals surface area (Å²) in [5.41, 5.74) is 7.45. The number of rotatable bonds is 4. The first-order valence-corrected chi connectivity index (χ1v) is 13.4. The molecular weight excluding hydrogens is 470 g/mol. The third kappa shape index (κ3) is 3.67. The number of aryl methyl sites for hydroxylation is 2. The molecule has 3 heterocycles. The Balaban J connectivity index is 1.47. The molecule has 0 aliphatic heterocycles. The van der Waals surface area contributed by atoms with Crippen molar-refractivity contribution >= 4 is 31.6 Å². The van der Waals surface area contributed by atoms with Gasteiger partial charge in [0.2, 0.25) is 0 Å². The Kier molecular flexibility index (Phi) is 5.01. The van der Waals surface area contributed by atoms with Gasteiger partial charge in [-0.3, -0.25) is 9.67 Å². The van der Waals surface area contributed by atoms with E-state index in [1.807, 2.05) is 46.9 Å². The van der Waals surface area contributed by atoms with E-state index in [-0.39, 0.29) is 4.90 Å². The van der Waals surface area contributed by atoms with Crippen molar-refractivity contribution in [2.24, 2.45) is 7.05 Å². The van der Waals surface area contributed by atoms with Crippen molar-refractivity contribution in [3.63, 3.8) is 0 Å². The highest BCUT2D eigenvalue weighted by Gasteiger charge is 2.18. The number of para-hydroxylation sites is 1. The standard InChI is InChI=1S/C28H23N5O2S/c1-18-6-4-8-23-27(22-7-5-9-26-24(22)17-32(2)30-26)31-33(28(18)23)20-12-15-25(29-16-20)19-10-13-21(14-11-19)36(3,34)35/h4-17H,1-3H3. The molecule has 6 aromatic rings. The minimum atomic E-state index is -3.24. The van der Waals surface area contributed by atoms with Crippen LogP contribution in [0.1, 0.15) is 5.56 Å². The highest BCUT2D eigenvalue weighted by molar-refractivity contribution is 7.90. The maximum Gasteiger partial charge on any atom is 0.175 e. The van der Waals surface area contributed by atoms with E-state index in [1.165, 1.54) is 6.26 Å². The Morgan fingerprint density at radius 2 is 1.61 bits per heavy atom. The molecule has 0 fully saturated rings. The second-order valence-electron chi connectivity index (χ2n) is 8.97. The summed E-state index contributed by atoms with van der Waals surface area (Å²) in [6.45, 7) is 2.08. The Bertz CT molecular complexity index is 1870. The summed E-state index contributed by atoms with van der Waals surface area (Å²) < 4.78 is 27.3. The monoisotopic (exact) mass is 493 g/mol. The zero-order valence-corrected chi connectivity index (χ0v) is 20.9. The van der Waals surface area contributed by atoms with Crippen LogP contribution in [0.2, 0.25) is 0 Å². The topological polar surface area (TPSA) is 82.7 Å². The second-order valence-corrected chi connectivity index (χ2v) is 11.0. The molecule has 0 atom stereocenters. The highest BCUT2D eigenvalue weighted by atomic mass is 32.2. The quantitative estimate of drug-likeness (QED) is 0.330. The van der Waals surface area contributed by atoms with Crippen LogP contribution in [0.15, 0.2) is 90.1 Å². The van der Waals surface area contributed by atoms with Crippen LogP contribution in [0.4, 0.5) is 0 Å². The van der Waals surface area contributed by atoms with Crippen LogP contribution in [0.25, 0.3) is 50.0 Å². The van der Waals surface area contributed by atoms with Gasteiger partial charge in [0.15, 0.2) is 9.84 Å². The van der Waals surface area contributed by atoms with Gasteiger partial charge in [0, 0.05) is 41.4 Å². The van der Waals surface area contributed by atoms with E-state index in [9.17, 15) is 8.42 Å². The minimum Gasteiger partial charge on any atom is -0.275 e. The fraction of sp³-hybridized carbons (Fsp3) is 0.107. The van der Waals surface area contributed by atoms with Gasteiger partial charge >= 0.3 is 0 Å². The van der Waals surface area contributed by atoms with Crippen LogP contribution in [0, 0.1) is 6.92 Å². The molecule has 0 radical (unpaired) electrons. The van der Waals surface area contributed by atoms with Crippen molar-refractivity contribution in [1.82, 2.24) is 24.5 Å². The second kappa shape index (κ2) is 8.13. The van der Waals surface area contributed by atoms with Crippen molar-refractivity contribution in [1.29, 1.82) is 0 Å². The Hall–Kier alpha value is -4.30. The Morgan fingerprint density at radius 1 is 0.833 bits per heavy atom. The van der Waals surface area contributed by atoms with Crippen LogP contribution in [-0.4, -0.2) is 39.2 Å². The van der Waals surface area contributed by atoms with Crippen molar-refractivity contribution in [2.45, 2.75) is 11.8 Å². The lowest BCUT2D eigenvalue weighted by atomic mass is 10.0. The molecule has 7 nitrogen and oxygen atoms in total. The Labute approximate surface area is 208 Å². The molecule has 3 aromatic heterocycles. The number of nitrogens with zero attached hydrogens (tertiary/aromatic N) is 5. The van der Waals surface area contributed by atoms with Gasteiger partial charge in [-0.05, 0) is 42.8 Å². The predicted molar refractivity (Wildman–Crippen MR) is 142 cm³/mol. The molecule has 6 rings (SSSR count). The zero-order valence-electron chi connectivity index (χ0n) is 20.0. The SMILES string of the molecule is Cc1cccc2c(-c3cccc4nn(C)cc34)nn(-c3ccc(-c4ccc(S(C)(=O)=O)cc4)nc3)c12. The maximum absolute atomic E-state index is 11.8. The number of fused-ring (bicyclic) bond motifs is 2. The molecule has 0 saturated heterocycles. The minimum absolute atomic E-state index is 0.289. The molecule has 0 amide bonds. The molecule has 0 bridgehead atoms. The molecule has 0 saturated carbocycles. The van der Waals surface area contributed by atoms with Crippen molar-refractivity contribution < 1.29 is 8.42 Å². The first-order valence-electron chi connectivity index (χ1n) is 11.5. The molecule has 0 spiro atoms. The summed E-state index contributed by atoms with van der Waals surface area (Å²) in [4.78, 5) is 4.95. The van der Waals surface area contributed by atoms with Crippen molar-refractivity contribution in [2.75, 3.05) is 6.26 Å². The van der Waals surface area contributed by atoms with Crippen LogP contribution in [0.5, 0.6) is 0 Å². The molecule has 178 valence electrons. The molecule has 8 heteroatoms. The fourth-order valence-corrected chi connectivity index (χ4v) is 5.27.